The number of rotatable bonds is 5. The second-order valence-corrected chi connectivity index (χ2v) is 5.40. The van der Waals surface area contributed by atoms with E-state index in [9.17, 15) is 4.79 Å². The third-order valence-corrected chi connectivity index (χ3v) is 4.77. The van der Waals surface area contributed by atoms with Gasteiger partial charge < -0.3 is 5.32 Å². The van der Waals surface area contributed by atoms with E-state index in [1.807, 2.05) is 32.0 Å². The zero-order chi connectivity index (χ0) is 13.8. The van der Waals surface area contributed by atoms with Crippen LogP contribution in [0.4, 0.5) is 0 Å². The highest BCUT2D eigenvalue weighted by Gasteiger charge is 2.28. The number of carbonyl (C=O) groups excluding carboxylic acids is 1. The number of carbonyl (C=O) groups is 1. The first kappa shape index (κ1) is 15.2. The van der Waals surface area contributed by atoms with Crippen LogP contribution in [0.15, 0.2) is 18.2 Å². The molecule has 0 aliphatic rings. The average molecular weight is 312 g/mol. The maximum Gasteiger partial charge on any atom is 0.252 e. The highest BCUT2D eigenvalue weighted by atomic mass is 79.9. The Morgan fingerprint density at radius 1 is 1.22 bits per heavy atom. The second-order valence-electron chi connectivity index (χ2n) is 4.84. The van der Waals surface area contributed by atoms with Gasteiger partial charge in [-0.3, -0.25) is 4.79 Å². The molecule has 0 unspecified atom stereocenters. The summed E-state index contributed by atoms with van der Waals surface area (Å²) in [5.74, 6) is 0.0359. The third kappa shape index (κ3) is 3.14. The van der Waals surface area contributed by atoms with E-state index in [4.69, 9.17) is 0 Å². The second kappa shape index (κ2) is 6.37. The van der Waals surface area contributed by atoms with Crippen molar-refractivity contribution >= 4 is 21.8 Å². The molecule has 0 radical (unpaired) electrons. The van der Waals surface area contributed by atoms with Crippen LogP contribution < -0.4 is 5.32 Å². The normalized spacial score (nSPS) is 11.4. The van der Waals surface area contributed by atoms with E-state index in [1.165, 1.54) is 0 Å². The highest BCUT2D eigenvalue weighted by Crippen LogP contribution is 2.20. The van der Waals surface area contributed by atoms with Crippen LogP contribution in [0.3, 0.4) is 0 Å². The summed E-state index contributed by atoms with van der Waals surface area (Å²) in [6, 6.07) is 5.95. The molecule has 0 aliphatic carbocycles. The Kier molecular flexibility index (Phi) is 5.39. The Labute approximate surface area is 118 Å². The molecule has 0 aliphatic heterocycles. The lowest BCUT2D eigenvalue weighted by Crippen LogP contribution is -2.49. The quantitative estimate of drug-likeness (QED) is 0.819. The fourth-order valence-electron chi connectivity index (χ4n) is 2.13. The average Bonchev–Trinajstić information content (AvgIpc) is 2.36. The lowest BCUT2D eigenvalue weighted by Gasteiger charge is -2.31. The number of hydrogen-bond donors (Lipinski definition) is 1. The molecule has 0 heterocycles. The van der Waals surface area contributed by atoms with Gasteiger partial charge in [0, 0.05) is 16.4 Å². The summed E-state index contributed by atoms with van der Waals surface area (Å²) in [5.41, 5.74) is 2.72. The fraction of sp³-hybridized carbons (Fsp3) is 0.533. The molecule has 1 aromatic carbocycles. The van der Waals surface area contributed by atoms with Crippen molar-refractivity contribution in [2.24, 2.45) is 0 Å². The molecule has 2 nitrogen and oxygen atoms in total. The molecule has 1 rings (SSSR count). The topological polar surface area (TPSA) is 29.1 Å². The lowest BCUT2D eigenvalue weighted by molar-refractivity contribution is 0.0902. The molecule has 1 amide bonds. The van der Waals surface area contributed by atoms with Gasteiger partial charge in [0.1, 0.15) is 0 Å². The van der Waals surface area contributed by atoms with Crippen molar-refractivity contribution in [1.29, 1.82) is 0 Å². The molecule has 100 valence electrons. The molecule has 0 saturated heterocycles. The van der Waals surface area contributed by atoms with Crippen LogP contribution in [0, 0.1) is 13.8 Å². The van der Waals surface area contributed by atoms with Crippen molar-refractivity contribution in [2.75, 3.05) is 5.33 Å². The zero-order valence-electron chi connectivity index (χ0n) is 11.6. The van der Waals surface area contributed by atoms with Gasteiger partial charge in [-0.05, 0) is 37.8 Å². The predicted octanol–water partition coefficient (Wildman–Crippen LogP) is 3.99. The number of hydrogen-bond acceptors (Lipinski definition) is 1. The molecule has 3 heteroatoms. The number of benzene rings is 1. The summed E-state index contributed by atoms with van der Waals surface area (Å²) in [7, 11) is 0. The van der Waals surface area contributed by atoms with Gasteiger partial charge in [-0.25, -0.2) is 0 Å². The van der Waals surface area contributed by atoms with Crippen molar-refractivity contribution in [3.05, 3.63) is 34.9 Å². The van der Waals surface area contributed by atoms with Gasteiger partial charge in [0.25, 0.3) is 5.91 Å². The first-order valence-electron chi connectivity index (χ1n) is 6.44. The lowest BCUT2D eigenvalue weighted by atomic mass is 9.93. The first-order chi connectivity index (χ1) is 8.49. The highest BCUT2D eigenvalue weighted by molar-refractivity contribution is 9.09. The van der Waals surface area contributed by atoms with Gasteiger partial charge >= 0.3 is 0 Å². The SMILES string of the molecule is CCC(CC)(CBr)NC(=O)c1c(C)cccc1C. The fourth-order valence-corrected chi connectivity index (χ4v) is 3.06. The summed E-state index contributed by atoms with van der Waals surface area (Å²) < 4.78 is 0. The molecule has 1 N–H and O–H groups in total. The van der Waals surface area contributed by atoms with Crippen molar-refractivity contribution < 1.29 is 4.79 Å². The maximum absolute atomic E-state index is 12.4. The summed E-state index contributed by atoms with van der Waals surface area (Å²) in [6.45, 7) is 8.18. The Hall–Kier alpha value is -0.830. The van der Waals surface area contributed by atoms with E-state index in [0.29, 0.717) is 0 Å². The van der Waals surface area contributed by atoms with E-state index >= 15 is 0 Å². The zero-order valence-corrected chi connectivity index (χ0v) is 13.2. The Morgan fingerprint density at radius 2 is 1.72 bits per heavy atom. The Bertz CT molecular complexity index is 396. The minimum Gasteiger partial charge on any atom is -0.346 e. The molecule has 0 saturated carbocycles. The summed E-state index contributed by atoms with van der Waals surface area (Å²) in [4.78, 5) is 12.4. The molecule has 18 heavy (non-hydrogen) atoms. The third-order valence-electron chi connectivity index (χ3n) is 3.70. The van der Waals surface area contributed by atoms with Crippen LogP contribution in [0.1, 0.15) is 48.2 Å². The van der Waals surface area contributed by atoms with E-state index in [0.717, 1.165) is 34.9 Å². The number of halogens is 1. The van der Waals surface area contributed by atoms with Gasteiger partial charge in [-0.2, -0.15) is 0 Å². The van der Waals surface area contributed by atoms with Gasteiger partial charge in [-0.15, -0.1) is 0 Å². The first-order valence-corrected chi connectivity index (χ1v) is 7.56. The standard InChI is InChI=1S/C15H22BrNO/c1-5-15(6-2,10-16)17-14(18)13-11(3)8-7-9-12(13)4/h7-9H,5-6,10H2,1-4H3,(H,17,18). The van der Waals surface area contributed by atoms with Crippen molar-refractivity contribution in [3.8, 4) is 0 Å². The van der Waals surface area contributed by atoms with Crippen LogP contribution in [-0.2, 0) is 0 Å². The van der Waals surface area contributed by atoms with Gasteiger partial charge in [0.2, 0.25) is 0 Å². The molecular weight excluding hydrogens is 290 g/mol. The molecule has 0 aromatic heterocycles. The van der Waals surface area contributed by atoms with Crippen LogP contribution in [0.2, 0.25) is 0 Å². The molecule has 0 atom stereocenters. The number of alkyl halides is 1. The largest absolute Gasteiger partial charge is 0.346 e. The molecule has 0 spiro atoms. The van der Waals surface area contributed by atoms with Crippen molar-refractivity contribution in [3.63, 3.8) is 0 Å². The van der Waals surface area contributed by atoms with Crippen molar-refractivity contribution in [2.45, 2.75) is 46.1 Å². The number of amides is 1. The van der Waals surface area contributed by atoms with Gasteiger partial charge in [0.05, 0.1) is 0 Å². The van der Waals surface area contributed by atoms with E-state index < -0.39 is 0 Å². The van der Waals surface area contributed by atoms with Gasteiger partial charge in [-0.1, -0.05) is 48.0 Å². The monoisotopic (exact) mass is 311 g/mol. The summed E-state index contributed by atoms with van der Waals surface area (Å²) in [6.07, 6.45) is 1.84. The number of aryl methyl sites for hydroxylation is 2. The Balaban J connectivity index is 3.02. The number of nitrogens with one attached hydrogen (secondary N) is 1. The Morgan fingerprint density at radius 3 is 2.11 bits per heavy atom. The molecular formula is C15H22BrNO. The predicted molar refractivity (Wildman–Crippen MR) is 80.5 cm³/mol. The van der Waals surface area contributed by atoms with Crippen LogP contribution in [0.5, 0.6) is 0 Å². The van der Waals surface area contributed by atoms with Crippen LogP contribution >= 0.6 is 15.9 Å². The van der Waals surface area contributed by atoms with Crippen LogP contribution in [0.25, 0.3) is 0 Å². The summed E-state index contributed by atoms with van der Waals surface area (Å²) in [5, 5.41) is 3.97. The molecule has 0 bridgehead atoms. The van der Waals surface area contributed by atoms with E-state index in [1.54, 1.807) is 0 Å². The van der Waals surface area contributed by atoms with Gasteiger partial charge in [0.15, 0.2) is 0 Å². The molecule has 1 aromatic rings. The van der Waals surface area contributed by atoms with Crippen LogP contribution in [-0.4, -0.2) is 16.8 Å². The van der Waals surface area contributed by atoms with E-state index in [-0.39, 0.29) is 11.4 Å². The minimum absolute atomic E-state index is 0.0359. The molecule has 0 fully saturated rings. The van der Waals surface area contributed by atoms with E-state index in [2.05, 4.69) is 35.1 Å². The smallest absolute Gasteiger partial charge is 0.252 e. The summed E-state index contributed by atoms with van der Waals surface area (Å²) >= 11 is 3.52. The minimum atomic E-state index is -0.147. The maximum atomic E-state index is 12.4. The van der Waals surface area contributed by atoms with Crippen molar-refractivity contribution in [1.82, 2.24) is 5.32 Å².